The van der Waals surface area contributed by atoms with Crippen molar-refractivity contribution >= 4 is 21.8 Å². The molecule has 0 unspecified atom stereocenters. The number of nitrogens with one attached hydrogen (secondary N) is 3. The van der Waals surface area contributed by atoms with E-state index in [0.717, 1.165) is 5.56 Å². The number of amides is 2. The van der Waals surface area contributed by atoms with Gasteiger partial charge in [-0.3, -0.25) is 20.4 Å². The molecule has 3 N–H and O–H groups in total. The van der Waals surface area contributed by atoms with Crippen LogP contribution in [0.2, 0.25) is 0 Å². The molecule has 0 atom stereocenters. The topological polar surface area (TPSA) is 123 Å². The van der Waals surface area contributed by atoms with Crippen molar-refractivity contribution < 1.29 is 27.5 Å². The molecule has 3 aromatic carbocycles. The van der Waals surface area contributed by atoms with Gasteiger partial charge in [0.05, 0.1) is 11.3 Å². The summed E-state index contributed by atoms with van der Waals surface area (Å²) in [5, 5.41) is 0. The normalized spacial score (nSPS) is 12.6. The van der Waals surface area contributed by atoms with Gasteiger partial charge in [-0.25, -0.2) is 13.1 Å². The molecule has 1 aliphatic heterocycles. The molecule has 4 rings (SSSR count). The van der Waals surface area contributed by atoms with Crippen LogP contribution in [0.15, 0.2) is 77.7 Å². The molecule has 0 saturated carbocycles. The molecule has 0 aromatic heterocycles. The zero-order chi connectivity index (χ0) is 24.0. The van der Waals surface area contributed by atoms with Crippen molar-refractivity contribution in [2.45, 2.75) is 17.9 Å². The van der Waals surface area contributed by atoms with E-state index in [-0.39, 0.29) is 23.4 Å². The summed E-state index contributed by atoms with van der Waals surface area (Å²) in [6.45, 7) is 1.04. The third kappa shape index (κ3) is 5.91. The number of hydrogen-bond acceptors (Lipinski definition) is 6. The molecule has 3 aromatic rings. The Balaban J connectivity index is 1.33. The molecular formula is C24H23N3O6S. The number of ether oxygens (including phenoxy) is 2. The first-order valence-electron chi connectivity index (χ1n) is 10.5. The maximum atomic E-state index is 12.6. The lowest BCUT2D eigenvalue weighted by molar-refractivity contribution is -0.121. The summed E-state index contributed by atoms with van der Waals surface area (Å²) in [6, 6.07) is 19.8. The minimum Gasteiger partial charge on any atom is -0.486 e. The van der Waals surface area contributed by atoms with Crippen LogP contribution < -0.4 is 25.0 Å². The number of hydrogen-bond donors (Lipinski definition) is 3. The quantitative estimate of drug-likeness (QED) is 0.443. The first-order valence-corrected chi connectivity index (χ1v) is 12.0. The van der Waals surface area contributed by atoms with Crippen molar-refractivity contribution in [1.29, 1.82) is 0 Å². The zero-order valence-electron chi connectivity index (χ0n) is 18.1. The number of rotatable bonds is 7. The van der Waals surface area contributed by atoms with Crippen LogP contribution in [-0.4, -0.2) is 33.4 Å². The molecule has 0 radical (unpaired) electrons. The molecule has 10 heteroatoms. The van der Waals surface area contributed by atoms with Crippen LogP contribution in [0.4, 0.5) is 0 Å². The first-order chi connectivity index (χ1) is 16.4. The van der Waals surface area contributed by atoms with E-state index in [0.29, 0.717) is 30.3 Å². The summed E-state index contributed by atoms with van der Waals surface area (Å²) in [5.41, 5.74) is 6.23. The predicted molar refractivity (Wildman–Crippen MR) is 124 cm³/mol. The van der Waals surface area contributed by atoms with E-state index in [9.17, 15) is 18.0 Å². The van der Waals surface area contributed by atoms with E-state index in [2.05, 4.69) is 15.6 Å². The average molecular weight is 482 g/mol. The van der Waals surface area contributed by atoms with Crippen molar-refractivity contribution in [1.82, 2.24) is 15.6 Å². The van der Waals surface area contributed by atoms with Gasteiger partial charge in [0.1, 0.15) is 13.2 Å². The molecule has 0 aliphatic carbocycles. The summed E-state index contributed by atoms with van der Waals surface area (Å²) >= 11 is 0. The van der Waals surface area contributed by atoms with Crippen LogP contribution in [0, 0.1) is 0 Å². The van der Waals surface area contributed by atoms with E-state index >= 15 is 0 Å². The molecule has 1 heterocycles. The summed E-state index contributed by atoms with van der Waals surface area (Å²) in [6.07, 6.45) is 0.00868. The minimum absolute atomic E-state index is 0.00868. The average Bonchev–Trinajstić information content (AvgIpc) is 2.87. The Kier molecular flexibility index (Phi) is 7.09. The molecule has 0 spiro atoms. The van der Waals surface area contributed by atoms with Gasteiger partial charge in [-0.1, -0.05) is 42.5 Å². The monoisotopic (exact) mass is 481 g/mol. The summed E-state index contributed by atoms with van der Waals surface area (Å²) in [7, 11) is -3.83. The van der Waals surface area contributed by atoms with E-state index in [1.165, 1.54) is 24.3 Å². The van der Waals surface area contributed by atoms with Gasteiger partial charge in [0, 0.05) is 12.1 Å². The highest BCUT2D eigenvalue weighted by Crippen LogP contribution is 2.30. The van der Waals surface area contributed by atoms with Gasteiger partial charge in [-0.2, -0.15) is 0 Å². The Morgan fingerprint density at radius 3 is 2.35 bits per heavy atom. The number of benzene rings is 3. The van der Waals surface area contributed by atoms with Gasteiger partial charge >= 0.3 is 0 Å². The molecular weight excluding hydrogens is 458 g/mol. The van der Waals surface area contributed by atoms with Crippen LogP contribution in [0.5, 0.6) is 11.5 Å². The lowest BCUT2D eigenvalue weighted by Gasteiger charge is -2.18. The number of fused-ring (bicyclic) bond motifs is 1. The fraction of sp³-hybridized carbons (Fsp3) is 0.167. The summed E-state index contributed by atoms with van der Waals surface area (Å²) in [4.78, 5) is 24.7. The second kappa shape index (κ2) is 10.4. The molecule has 176 valence electrons. The van der Waals surface area contributed by atoms with Crippen LogP contribution in [0.25, 0.3) is 0 Å². The van der Waals surface area contributed by atoms with Crippen molar-refractivity contribution in [3.63, 3.8) is 0 Å². The van der Waals surface area contributed by atoms with Crippen molar-refractivity contribution in [2.24, 2.45) is 0 Å². The van der Waals surface area contributed by atoms with Crippen LogP contribution in [0.1, 0.15) is 21.5 Å². The minimum atomic E-state index is -3.83. The molecule has 1 aliphatic rings. The van der Waals surface area contributed by atoms with Gasteiger partial charge < -0.3 is 9.47 Å². The maximum Gasteiger partial charge on any atom is 0.269 e. The SMILES string of the molecule is O=C(Cc1ccc2c(c1)OCCO2)NNC(=O)c1cccc(S(=O)(=O)NCc2ccccc2)c1. The second-order valence-electron chi connectivity index (χ2n) is 7.50. The molecule has 34 heavy (non-hydrogen) atoms. The molecule has 0 saturated heterocycles. The summed E-state index contributed by atoms with van der Waals surface area (Å²) in [5.74, 6) is 0.102. The predicted octanol–water partition coefficient (Wildman–Crippen LogP) is 1.94. The van der Waals surface area contributed by atoms with Gasteiger partial charge in [0.15, 0.2) is 11.5 Å². The zero-order valence-corrected chi connectivity index (χ0v) is 18.9. The van der Waals surface area contributed by atoms with E-state index in [1.807, 2.05) is 18.2 Å². The third-order valence-corrected chi connectivity index (χ3v) is 6.40. The van der Waals surface area contributed by atoms with Crippen LogP contribution in [0.3, 0.4) is 0 Å². The van der Waals surface area contributed by atoms with E-state index in [1.54, 1.807) is 30.3 Å². The molecule has 9 nitrogen and oxygen atoms in total. The number of sulfonamides is 1. The lowest BCUT2D eigenvalue weighted by atomic mass is 10.1. The molecule has 0 bridgehead atoms. The van der Waals surface area contributed by atoms with Gasteiger partial charge in [0.25, 0.3) is 5.91 Å². The summed E-state index contributed by atoms with van der Waals surface area (Å²) < 4.78 is 38.7. The number of hydrazine groups is 1. The van der Waals surface area contributed by atoms with Crippen LogP contribution >= 0.6 is 0 Å². The second-order valence-corrected chi connectivity index (χ2v) is 9.26. The van der Waals surface area contributed by atoms with E-state index in [4.69, 9.17) is 9.47 Å². The Morgan fingerprint density at radius 1 is 0.794 bits per heavy atom. The Bertz CT molecular complexity index is 1300. The first kappa shape index (κ1) is 23.3. The Labute approximate surface area is 197 Å². The highest BCUT2D eigenvalue weighted by atomic mass is 32.2. The molecule has 0 fully saturated rings. The number of carbonyl (C=O) groups is 2. The maximum absolute atomic E-state index is 12.6. The fourth-order valence-corrected chi connectivity index (χ4v) is 4.35. The third-order valence-electron chi connectivity index (χ3n) is 5.00. The Morgan fingerprint density at radius 2 is 1.56 bits per heavy atom. The van der Waals surface area contributed by atoms with Crippen molar-refractivity contribution in [3.05, 3.63) is 89.5 Å². The van der Waals surface area contributed by atoms with E-state index < -0.39 is 21.8 Å². The van der Waals surface area contributed by atoms with Crippen LogP contribution in [-0.2, 0) is 27.8 Å². The van der Waals surface area contributed by atoms with Crippen molar-refractivity contribution in [2.75, 3.05) is 13.2 Å². The van der Waals surface area contributed by atoms with Gasteiger partial charge in [-0.15, -0.1) is 0 Å². The Hall–Kier alpha value is -3.89. The van der Waals surface area contributed by atoms with Gasteiger partial charge in [-0.05, 0) is 41.5 Å². The van der Waals surface area contributed by atoms with Crippen molar-refractivity contribution in [3.8, 4) is 11.5 Å². The standard InChI is InChI=1S/C24H23N3O6S/c28-23(14-18-9-10-21-22(13-18)33-12-11-32-21)26-27-24(29)19-7-4-8-20(15-19)34(30,31)25-16-17-5-2-1-3-6-17/h1-10,13,15,25H,11-12,14,16H2,(H,26,28)(H,27,29). The molecule has 2 amide bonds. The largest absolute Gasteiger partial charge is 0.486 e. The van der Waals surface area contributed by atoms with Gasteiger partial charge in [0.2, 0.25) is 15.9 Å². The highest BCUT2D eigenvalue weighted by molar-refractivity contribution is 7.89. The fourth-order valence-electron chi connectivity index (χ4n) is 3.29. The number of carbonyl (C=O) groups excluding carboxylic acids is 2. The highest BCUT2D eigenvalue weighted by Gasteiger charge is 2.17. The lowest BCUT2D eigenvalue weighted by Crippen LogP contribution is -2.42. The smallest absolute Gasteiger partial charge is 0.269 e.